The summed E-state index contributed by atoms with van der Waals surface area (Å²) in [5.41, 5.74) is 2.05. The van der Waals surface area contributed by atoms with Crippen molar-refractivity contribution >= 4 is 12.2 Å². The minimum absolute atomic E-state index is 0.977. The second-order valence-corrected chi connectivity index (χ2v) is 2.35. The van der Waals surface area contributed by atoms with Gasteiger partial charge in [0.1, 0.15) is 0 Å². The van der Waals surface area contributed by atoms with E-state index in [9.17, 15) is 0 Å². The zero-order valence-electron chi connectivity index (χ0n) is 6.91. The van der Waals surface area contributed by atoms with Gasteiger partial charge in [-0.25, -0.2) is 0 Å². The molecule has 0 radical (unpaired) electrons. The highest BCUT2D eigenvalue weighted by Crippen LogP contribution is 2.08. The largest absolute Gasteiger partial charge is 0.275 e. The van der Waals surface area contributed by atoms with Crippen molar-refractivity contribution in [1.29, 1.82) is 0 Å². The summed E-state index contributed by atoms with van der Waals surface area (Å²) in [6.07, 6.45) is 7.69. The van der Waals surface area contributed by atoms with E-state index in [4.69, 9.17) is 0 Å². The van der Waals surface area contributed by atoms with Gasteiger partial charge in [-0.05, 0) is 13.0 Å². The molecule has 0 aliphatic carbocycles. The molecule has 0 saturated carbocycles. The Hall–Kier alpha value is -1.31. The lowest BCUT2D eigenvalue weighted by Crippen LogP contribution is -1.86. The highest BCUT2D eigenvalue weighted by molar-refractivity contribution is 5.60. The van der Waals surface area contributed by atoms with Crippen molar-refractivity contribution in [3.05, 3.63) is 30.1 Å². The Labute approximate surface area is 66.8 Å². The Kier molecular flexibility index (Phi) is 2.26. The van der Waals surface area contributed by atoms with Gasteiger partial charge in [0.05, 0.1) is 5.69 Å². The first-order valence-corrected chi connectivity index (χ1v) is 3.56. The second kappa shape index (κ2) is 3.19. The van der Waals surface area contributed by atoms with Crippen molar-refractivity contribution in [1.82, 2.24) is 9.78 Å². The molecule has 0 saturated heterocycles. The number of nitrogens with zero attached hydrogens (tertiary/aromatic N) is 2. The van der Waals surface area contributed by atoms with Gasteiger partial charge in [-0.2, -0.15) is 5.10 Å². The third-order valence-electron chi connectivity index (χ3n) is 1.43. The fourth-order valence-corrected chi connectivity index (χ4v) is 0.969. The number of hydrogen-bond donors (Lipinski definition) is 0. The van der Waals surface area contributed by atoms with Crippen LogP contribution >= 0.6 is 0 Å². The van der Waals surface area contributed by atoms with E-state index in [1.807, 2.05) is 38.4 Å². The normalized spacial score (nSPS) is 10.7. The minimum Gasteiger partial charge on any atom is -0.275 e. The van der Waals surface area contributed by atoms with E-state index in [2.05, 4.69) is 11.7 Å². The van der Waals surface area contributed by atoms with Crippen LogP contribution in [0.25, 0.3) is 12.2 Å². The molecule has 0 fully saturated rings. The molecule has 0 aliphatic heterocycles. The molecule has 0 unspecified atom stereocenters. The zero-order chi connectivity index (χ0) is 8.27. The van der Waals surface area contributed by atoms with Crippen LogP contribution in [0.2, 0.25) is 0 Å². The van der Waals surface area contributed by atoms with Crippen molar-refractivity contribution in [2.75, 3.05) is 0 Å². The Bertz CT molecular complexity index is 282. The molecular weight excluding hydrogens is 136 g/mol. The van der Waals surface area contributed by atoms with Gasteiger partial charge in [0.2, 0.25) is 0 Å². The van der Waals surface area contributed by atoms with E-state index < -0.39 is 0 Å². The van der Waals surface area contributed by atoms with Crippen LogP contribution in [0.1, 0.15) is 18.2 Å². The van der Waals surface area contributed by atoms with Gasteiger partial charge in [0.25, 0.3) is 0 Å². The average molecular weight is 148 g/mol. The molecule has 0 atom stereocenters. The van der Waals surface area contributed by atoms with Crippen molar-refractivity contribution in [3.63, 3.8) is 0 Å². The van der Waals surface area contributed by atoms with E-state index in [1.54, 1.807) is 4.68 Å². The maximum absolute atomic E-state index is 4.23. The van der Waals surface area contributed by atoms with E-state index in [0.29, 0.717) is 0 Å². The fourth-order valence-electron chi connectivity index (χ4n) is 0.969. The molecule has 11 heavy (non-hydrogen) atoms. The summed E-state index contributed by atoms with van der Waals surface area (Å²) in [6.45, 7) is 5.67. The average Bonchev–Trinajstić information content (AvgIpc) is 2.32. The Balaban J connectivity index is 3.11. The lowest BCUT2D eigenvalue weighted by molar-refractivity contribution is 0.764. The van der Waals surface area contributed by atoms with Crippen molar-refractivity contribution in [2.45, 2.75) is 6.92 Å². The summed E-state index contributed by atoms with van der Waals surface area (Å²) in [7, 11) is 1.90. The topological polar surface area (TPSA) is 17.8 Å². The van der Waals surface area contributed by atoms with Gasteiger partial charge >= 0.3 is 0 Å². The van der Waals surface area contributed by atoms with Gasteiger partial charge in [-0.1, -0.05) is 18.7 Å². The summed E-state index contributed by atoms with van der Waals surface area (Å²) < 4.78 is 1.78. The molecule has 0 aromatic carbocycles. The van der Waals surface area contributed by atoms with Crippen molar-refractivity contribution in [2.24, 2.45) is 7.05 Å². The number of aromatic nitrogens is 2. The summed E-state index contributed by atoms with van der Waals surface area (Å²) in [4.78, 5) is 0. The molecule has 1 heterocycles. The van der Waals surface area contributed by atoms with Crippen LogP contribution in [-0.2, 0) is 7.05 Å². The Morgan fingerprint density at radius 1 is 1.64 bits per heavy atom. The third-order valence-corrected chi connectivity index (χ3v) is 1.43. The van der Waals surface area contributed by atoms with Crippen LogP contribution in [0.15, 0.2) is 18.9 Å². The Morgan fingerprint density at radius 2 is 2.36 bits per heavy atom. The molecule has 1 rings (SSSR count). The van der Waals surface area contributed by atoms with Crippen LogP contribution in [0.5, 0.6) is 0 Å². The predicted octanol–water partition coefficient (Wildman–Crippen LogP) is 2.10. The molecule has 0 N–H and O–H groups in total. The molecule has 0 amide bonds. The summed E-state index contributed by atoms with van der Waals surface area (Å²) in [5, 5.41) is 4.23. The number of allylic oxidation sites excluding steroid dienone is 1. The van der Waals surface area contributed by atoms with Crippen LogP contribution < -0.4 is 0 Å². The van der Waals surface area contributed by atoms with Gasteiger partial charge in [-0.3, -0.25) is 4.68 Å². The van der Waals surface area contributed by atoms with Crippen LogP contribution in [0.3, 0.4) is 0 Å². The van der Waals surface area contributed by atoms with E-state index in [0.717, 1.165) is 11.3 Å². The zero-order valence-corrected chi connectivity index (χ0v) is 6.91. The molecular formula is C9H12N2. The molecule has 0 aliphatic rings. The van der Waals surface area contributed by atoms with Gasteiger partial charge in [-0.15, -0.1) is 0 Å². The van der Waals surface area contributed by atoms with Gasteiger partial charge < -0.3 is 0 Å². The van der Waals surface area contributed by atoms with Crippen LogP contribution in [0, 0.1) is 0 Å². The number of hydrogen-bond acceptors (Lipinski definition) is 1. The highest BCUT2D eigenvalue weighted by atomic mass is 15.2. The third kappa shape index (κ3) is 1.58. The maximum Gasteiger partial charge on any atom is 0.0919 e. The summed E-state index contributed by atoms with van der Waals surface area (Å²) in [5.74, 6) is 0. The first-order valence-electron chi connectivity index (χ1n) is 3.56. The SMILES string of the molecule is C=Cc1cn(C)nc1/C=C\C. The van der Waals surface area contributed by atoms with Gasteiger partial charge in [0.15, 0.2) is 0 Å². The molecule has 2 nitrogen and oxygen atoms in total. The lowest BCUT2D eigenvalue weighted by atomic mass is 10.2. The first kappa shape index (κ1) is 7.79. The summed E-state index contributed by atoms with van der Waals surface area (Å²) >= 11 is 0. The van der Waals surface area contributed by atoms with Crippen molar-refractivity contribution < 1.29 is 0 Å². The molecule has 1 aromatic rings. The van der Waals surface area contributed by atoms with E-state index in [1.165, 1.54) is 0 Å². The smallest absolute Gasteiger partial charge is 0.0919 e. The second-order valence-electron chi connectivity index (χ2n) is 2.35. The molecule has 0 spiro atoms. The van der Waals surface area contributed by atoms with Gasteiger partial charge in [0, 0.05) is 18.8 Å². The molecule has 0 bridgehead atoms. The van der Waals surface area contributed by atoms with Crippen LogP contribution in [0.4, 0.5) is 0 Å². The number of rotatable bonds is 2. The predicted molar refractivity (Wildman–Crippen MR) is 48.0 cm³/mol. The molecule has 1 aromatic heterocycles. The molecule has 2 heteroatoms. The van der Waals surface area contributed by atoms with E-state index in [-0.39, 0.29) is 0 Å². The standard InChI is InChI=1S/C9H12N2/c1-4-6-9-8(5-2)7-11(3)10-9/h4-7H,2H2,1,3H3/b6-4-. The summed E-state index contributed by atoms with van der Waals surface area (Å²) in [6, 6.07) is 0. The van der Waals surface area contributed by atoms with Crippen LogP contribution in [-0.4, -0.2) is 9.78 Å². The van der Waals surface area contributed by atoms with E-state index >= 15 is 0 Å². The first-order chi connectivity index (χ1) is 5.27. The quantitative estimate of drug-likeness (QED) is 0.628. The maximum atomic E-state index is 4.23. The fraction of sp³-hybridized carbons (Fsp3) is 0.222. The van der Waals surface area contributed by atoms with Crippen molar-refractivity contribution in [3.8, 4) is 0 Å². The molecule has 58 valence electrons. The number of aryl methyl sites for hydroxylation is 1. The monoisotopic (exact) mass is 148 g/mol. The minimum atomic E-state index is 0.977. The Morgan fingerprint density at radius 3 is 2.91 bits per heavy atom. The highest BCUT2D eigenvalue weighted by Gasteiger charge is 1.98. The lowest BCUT2D eigenvalue weighted by Gasteiger charge is -1.84.